The third-order valence-corrected chi connectivity index (χ3v) is 1.82. The molecule has 0 saturated carbocycles. The van der Waals surface area contributed by atoms with Crippen LogP contribution in [0.3, 0.4) is 0 Å². The van der Waals surface area contributed by atoms with Gasteiger partial charge in [-0.3, -0.25) is 0 Å². The summed E-state index contributed by atoms with van der Waals surface area (Å²) >= 11 is 0. The molecule has 0 amide bonds. The van der Waals surface area contributed by atoms with Gasteiger partial charge in [-0.2, -0.15) is 0 Å². The Hall–Kier alpha value is -0.275. The number of rotatable bonds is 1. The first kappa shape index (κ1) is 7.83. The minimum atomic E-state index is -0.468. The van der Waals surface area contributed by atoms with Crippen LogP contribution in [0, 0.1) is 5.92 Å². The van der Waals surface area contributed by atoms with Gasteiger partial charge >= 0.3 is 0 Å². The van der Waals surface area contributed by atoms with E-state index in [1.54, 1.807) is 6.08 Å². The van der Waals surface area contributed by atoms with Gasteiger partial charge in [0, 0.05) is 5.92 Å². The van der Waals surface area contributed by atoms with E-state index >= 15 is 0 Å². The van der Waals surface area contributed by atoms with Gasteiger partial charge in [0.2, 0.25) is 0 Å². The largest absolute Gasteiger partial charge is 0.396 e. The number of aliphatic hydroxyl groups is 2. The zero-order valence-corrected chi connectivity index (χ0v) is 5.77. The van der Waals surface area contributed by atoms with Gasteiger partial charge in [0.1, 0.15) is 0 Å². The summed E-state index contributed by atoms with van der Waals surface area (Å²) in [6, 6.07) is 0. The highest BCUT2D eigenvalue weighted by Gasteiger charge is 2.20. The maximum Gasteiger partial charge on any atom is 0.0756 e. The van der Waals surface area contributed by atoms with E-state index in [4.69, 9.17) is 13.0 Å². The van der Waals surface area contributed by atoms with Gasteiger partial charge in [0.25, 0.3) is 0 Å². The maximum absolute atomic E-state index is 9.25. The molecule has 0 fully saturated rings. The number of allylic oxidation sites excluding steroid dienone is 1. The van der Waals surface area contributed by atoms with Crippen molar-refractivity contribution >= 4 is 7.85 Å². The van der Waals surface area contributed by atoms with Crippen molar-refractivity contribution in [1.29, 1.82) is 0 Å². The molecular formula is C7H11BO2. The normalized spacial score (nSPS) is 40.0. The fourth-order valence-corrected chi connectivity index (χ4v) is 1.13. The standard InChI is InChI=1S/C7H11BO2/c8-6-2-1-5(4-9)7(10)3-6/h1-2,5-7,9-10H,3-4H2/t5-,6-,7+/m0/s1. The highest BCUT2D eigenvalue weighted by Crippen LogP contribution is 2.23. The number of hydrogen-bond acceptors (Lipinski definition) is 2. The van der Waals surface area contributed by atoms with Crippen molar-refractivity contribution in [3.05, 3.63) is 12.2 Å². The molecule has 0 aliphatic heterocycles. The summed E-state index contributed by atoms with van der Waals surface area (Å²) < 4.78 is 0. The summed E-state index contributed by atoms with van der Waals surface area (Å²) in [5.74, 6) is -0.155. The fraction of sp³-hybridized carbons (Fsp3) is 0.714. The van der Waals surface area contributed by atoms with Gasteiger partial charge in [-0.25, -0.2) is 0 Å². The van der Waals surface area contributed by atoms with E-state index < -0.39 is 6.10 Å². The van der Waals surface area contributed by atoms with Crippen LogP contribution in [0.1, 0.15) is 6.42 Å². The fourth-order valence-electron chi connectivity index (χ4n) is 1.13. The number of hydrogen-bond donors (Lipinski definition) is 2. The molecule has 1 aliphatic rings. The summed E-state index contributed by atoms with van der Waals surface area (Å²) in [6.45, 7) is 0.00435. The first-order chi connectivity index (χ1) is 4.74. The molecule has 0 unspecified atom stereocenters. The monoisotopic (exact) mass is 138 g/mol. The second kappa shape index (κ2) is 3.22. The van der Waals surface area contributed by atoms with E-state index in [0.717, 1.165) is 0 Å². The third-order valence-electron chi connectivity index (χ3n) is 1.82. The zero-order valence-electron chi connectivity index (χ0n) is 5.77. The smallest absolute Gasteiger partial charge is 0.0756 e. The van der Waals surface area contributed by atoms with E-state index in [1.807, 2.05) is 6.08 Å². The third kappa shape index (κ3) is 1.61. The second-order valence-electron chi connectivity index (χ2n) is 2.70. The summed E-state index contributed by atoms with van der Waals surface area (Å²) in [5, 5.41) is 17.9. The molecule has 2 N–H and O–H groups in total. The van der Waals surface area contributed by atoms with Crippen molar-refractivity contribution in [1.82, 2.24) is 0 Å². The summed E-state index contributed by atoms with van der Waals surface area (Å²) in [7, 11) is 5.51. The average molecular weight is 138 g/mol. The summed E-state index contributed by atoms with van der Waals surface area (Å²) in [6.07, 6.45) is 3.69. The first-order valence-electron chi connectivity index (χ1n) is 3.47. The molecule has 1 rings (SSSR count). The van der Waals surface area contributed by atoms with Crippen LogP contribution >= 0.6 is 0 Å². The Morgan fingerprint density at radius 3 is 2.70 bits per heavy atom. The van der Waals surface area contributed by atoms with Crippen molar-refractivity contribution in [3.63, 3.8) is 0 Å². The van der Waals surface area contributed by atoms with Gasteiger partial charge in [0.15, 0.2) is 0 Å². The minimum Gasteiger partial charge on any atom is -0.396 e. The average Bonchev–Trinajstić information content (AvgIpc) is 1.88. The summed E-state index contributed by atoms with van der Waals surface area (Å²) in [5.41, 5.74) is 0. The van der Waals surface area contributed by atoms with Gasteiger partial charge in [-0.1, -0.05) is 18.0 Å². The molecule has 0 heterocycles. The van der Waals surface area contributed by atoms with Crippen LogP contribution in [-0.4, -0.2) is 30.8 Å². The summed E-state index contributed by atoms with van der Waals surface area (Å²) in [4.78, 5) is 0. The lowest BCUT2D eigenvalue weighted by atomic mass is 9.75. The molecule has 0 bridgehead atoms. The van der Waals surface area contributed by atoms with Crippen molar-refractivity contribution in [2.45, 2.75) is 18.3 Å². The molecule has 10 heavy (non-hydrogen) atoms. The van der Waals surface area contributed by atoms with Crippen LogP contribution in [-0.2, 0) is 0 Å². The highest BCUT2D eigenvalue weighted by molar-refractivity contribution is 6.13. The Balaban J connectivity index is 2.53. The Labute approximate surface area is 62.0 Å². The minimum absolute atomic E-state index is 0.00435. The lowest BCUT2D eigenvalue weighted by Gasteiger charge is -2.24. The van der Waals surface area contributed by atoms with E-state index in [2.05, 4.69) is 0 Å². The van der Waals surface area contributed by atoms with Gasteiger partial charge in [0.05, 0.1) is 20.6 Å². The van der Waals surface area contributed by atoms with E-state index in [1.165, 1.54) is 0 Å². The molecule has 1 aliphatic carbocycles. The quantitative estimate of drug-likeness (QED) is 0.391. The Morgan fingerprint density at radius 1 is 1.50 bits per heavy atom. The molecule has 2 radical (unpaired) electrons. The predicted molar refractivity (Wildman–Crippen MR) is 39.8 cm³/mol. The van der Waals surface area contributed by atoms with Crippen LogP contribution in [0.5, 0.6) is 0 Å². The predicted octanol–water partition coefficient (Wildman–Crippen LogP) is -0.127. The first-order valence-corrected chi connectivity index (χ1v) is 3.47. The van der Waals surface area contributed by atoms with Crippen molar-refractivity contribution < 1.29 is 10.2 Å². The molecule has 54 valence electrons. The Morgan fingerprint density at radius 2 is 2.20 bits per heavy atom. The molecular weight excluding hydrogens is 127 g/mol. The van der Waals surface area contributed by atoms with Crippen molar-refractivity contribution in [2.75, 3.05) is 6.61 Å². The van der Waals surface area contributed by atoms with Crippen LogP contribution < -0.4 is 0 Å². The Kier molecular flexibility index (Phi) is 2.52. The number of aliphatic hydroxyl groups excluding tert-OH is 2. The van der Waals surface area contributed by atoms with Crippen molar-refractivity contribution in [2.24, 2.45) is 5.92 Å². The van der Waals surface area contributed by atoms with Crippen molar-refractivity contribution in [3.8, 4) is 0 Å². The lowest BCUT2D eigenvalue weighted by Crippen LogP contribution is -2.26. The molecule has 2 nitrogen and oxygen atoms in total. The molecule has 0 saturated heterocycles. The molecule has 0 aromatic heterocycles. The molecule has 0 aromatic rings. The van der Waals surface area contributed by atoms with Gasteiger partial charge in [-0.05, 0) is 6.42 Å². The Bertz CT molecular complexity index is 136. The molecule has 0 aromatic carbocycles. The topological polar surface area (TPSA) is 40.5 Å². The van der Waals surface area contributed by atoms with E-state index in [0.29, 0.717) is 6.42 Å². The molecule has 0 spiro atoms. The van der Waals surface area contributed by atoms with Crippen LogP contribution in [0.4, 0.5) is 0 Å². The van der Waals surface area contributed by atoms with Gasteiger partial charge in [-0.15, -0.1) is 0 Å². The van der Waals surface area contributed by atoms with Crippen LogP contribution in [0.25, 0.3) is 0 Å². The second-order valence-corrected chi connectivity index (χ2v) is 2.70. The maximum atomic E-state index is 9.25. The molecule has 3 heteroatoms. The SMILES string of the molecule is [B][C@H]1C=C[C@@H](CO)[C@H](O)C1. The highest BCUT2D eigenvalue weighted by atomic mass is 16.3. The van der Waals surface area contributed by atoms with E-state index in [9.17, 15) is 5.11 Å². The van der Waals surface area contributed by atoms with Gasteiger partial charge < -0.3 is 10.2 Å². The zero-order chi connectivity index (χ0) is 7.56. The van der Waals surface area contributed by atoms with E-state index in [-0.39, 0.29) is 18.3 Å². The lowest BCUT2D eigenvalue weighted by molar-refractivity contribution is 0.0808. The van der Waals surface area contributed by atoms with Crippen LogP contribution in [0.15, 0.2) is 12.2 Å². The van der Waals surface area contributed by atoms with Crippen LogP contribution in [0.2, 0.25) is 5.82 Å². The molecule has 3 atom stereocenters.